The lowest BCUT2D eigenvalue weighted by Gasteiger charge is -2.34. The Morgan fingerprint density at radius 3 is 2.69 bits per heavy atom. The average molecular weight is 398 g/mol. The summed E-state index contributed by atoms with van der Waals surface area (Å²) in [7, 11) is 3.59. The standard InChI is InChI=1S/C22H31N5O2/c1-15-11-21(23)25-22(24-15)26(2)18-7-8-19(28-3)20(12-18)29-14-16-9-10-27(13-16)17-5-4-6-17/h7-8,11-12,16-17H,4-6,9-10,13-14H2,1-3H3,(H2,23,24,25). The van der Waals surface area contributed by atoms with Gasteiger partial charge < -0.3 is 20.1 Å². The second kappa shape index (κ2) is 8.45. The minimum Gasteiger partial charge on any atom is -0.493 e. The van der Waals surface area contributed by atoms with Gasteiger partial charge in [-0.15, -0.1) is 0 Å². The Labute approximate surface area is 172 Å². The van der Waals surface area contributed by atoms with Gasteiger partial charge >= 0.3 is 0 Å². The SMILES string of the molecule is COc1ccc(N(C)c2nc(C)cc(N)n2)cc1OCC1CCN(C2CCC2)C1. The molecule has 1 saturated heterocycles. The third kappa shape index (κ3) is 4.40. The van der Waals surface area contributed by atoms with Crippen molar-refractivity contribution in [3.05, 3.63) is 30.0 Å². The number of benzene rings is 1. The molecule has 29 heavy (non-hydrogen) atoms. The zero-order valence-electron chi connectivity index (χ0n) is 17.6. The van der Waals surface area contributed by atoms with Gasteiger partial charge in [-0.3, -0.25) is 4.90 Å². The molecular weight excluding hydrogens is 366 g/mol. The fourth-order valence-electron chi connectivity index (χ4n) is 4.12. The molecule has 1 aromatic carbocycles. The van der Waals surface area contributed by atoms with Crippen LogP contribution in [0.15, 0.2) is 24.3 Å². The van der Waals surface area contributed by atoms with Crippen molar-refractivity contribution in [1.82, 2.24) is 14.9 Å². The molecule has 1 atom stereocenters. The lowest BCUT2D eigenvalue weighted by molar-refractivity contribution is 0.145. The van der Waals surface area contributed by atoms with Crippen LogP contribution in [0, 0.1) is 12.8 Å². The lowest BCUT2D eigenvalue weighted by Crippen LogP contribution is -2.38. The number of methoxy groups -OCH3 is 1. The van der Waals surface area contributed by atoms with E-state index in [1.54, 1.807) is 13.2 Å². The molecule has 2 aliphatic rings. The molecule has 0 radical (unpaired) electrons. The number of aromatic nitrogens is 2. The monoisotopic (exact) mass is 397 g/mol. The molecule has 4 rings (SSSR count). The molecule has 1 saturated carbocycles. The highest BCUT2D eigenvalue weighted by Crippen LogP contribution is 2.35. The van der Waals surface area contributed by atoms with Crippen molar-refractivity contribution >= 4 is 17.5 Å². The molecular formula is C22H31N5O2. The van der Waals surface area contributed by atoms with Crippen LogP contribution in [0.1, 0.15) is 31.4 Å². The number of hydrogen-bond donors (Lipinski definition) is 1. The maximum atomic E-state index is 6.22. The van der Waals surface area contributed by atoms with Gasteiger partial charge in [0.05, 0.1) is 13.7 Å². The van der Waals surface area contributed by atoms with Crippen molar-refractivity contribution in [3.8, 4) is 11.5 Å². The van der Waals surface area contributed by atoms with E-state index in [0.29, 0.717) is 24.3 Å². The largest absolute Gasteiger partial charge is 0.493 e. The normalized spacial score (nSPS) is 19.8. The lowest BCUT2D eigenvalue weighted by atomic mass is 9.92. The van der Waals surface area contributed by atoms with Gasteiger partial charge in [0.15, 0.2) is 11.5 Å². The van der Waals surface area contributed by atoms with Gasteiger partial charge in [0, 0.05) is 49.1 Å². The minimum atomic E-state index is 0.460. The van der Waals surface area contributed by atoms with E-state index in [1.807, 2.05) is 37.1 Å². The molecule has 0 amide bonds. The van der Waals surface area contributed by atoms with Crippen LogP contribution in [0.25, 0.3) is 0 Å². The molecule has 1 unspecified atom stereocenters. The number of ether oxygens (including phenoxy) is 2. The number of nitrogens with zero attached hydrogens (tertiary/aromatic N) is 4. The summed E-state index contributed by atoms with van der Waals surface area (Å²) in [5.41, 5.74) is 7.65. The van der Waals surface area contributed by atoms with Crippen molar-refractivity contribution < 1.29 is 9.47 Å². The molecule has 1 aromatic heterocycles. The summed E-state index contributed by atoms with van der Waals surface area (Å²) in [6.45, 7) is 4.96. The number of anilines is 3. The second-order valence-corrected chi connectivity index (χ2v) is 8.17. The first kappa shape index (κ1) is 19.8. The highest BCUT2D eigenvalue weighted by Gasteiger charge is 2.31. The molecule has 2 aromatic rings. The summed E-state index contributed by atoms with van der Waals surface area (Å²) in [6, 6.07) is 8.46. The fraction of sp³-hybridized carbons (Fsp3) is 0.545. The highest BCUT2D eigenvalue weighted by molar-refractivity contribution is 5.62. The Bertz CT molecular complexity index is 835. The van der Waals surface area contributed by atoms with Crippen molar-refractivity contribution in [1.29, 1.82) is 0 Å². The first-order chi connectivity index (χ1) is 14.0. The zero-order chi connectivity index (χ0) is 20.4. The van der Waals surface area contributed by atoms with Crippen LogP contribution in [0.3, 0.4) is 0 Å². The van der Waals surface area contributed by atoms with Crippen LogP contribution >= 0.6 is 0 Å². The van der Waals surface area contributed by atoms with E-state index in [4.69, 9.17) is 15.2 Å². The summed E-state index contributed by atoms with van der Waals surface area (Å²) in [5, 5.41) is 0. The van der Waals surface area contributed by atoms with Crippen LogP contribution in [0.5, 0.6) is 11.5 Å². The summed E-state index contributed by atoms with van der Waals surface area (Å²) < 4.78 is 11.7. The third-order valence-corrected chi connectivity index (χ3v) is 6.08. The molecule has 156 valence electrons. The molecule has 0 bridgehead atoms. The Kier molecular flexibility index (Phi) is 5.76. The topological polar surface area (TPSA) is 76.7 Å². The molecule has 0 spiro atoms. The van der Waals surface area contributed by atoms with Crippen LogP contribution in [0.4, 0.5) is 17.5 Å². The summed E-state index contributed by atoms with van der Waals surface area (Å²) in [5.74, 6) is 3.08. The molecule has 2 heterocycles. The van der Waals surface area contributed by atoms with Gasteiger partial charge in [0.25, 0.3) is 0 Å². The van der Waals surface area contributed by atoms with E-state index in [-0.39, 0.29) is 0 Å². The number of rotatable bonds is 7. The number of hydrogen-bond acceptors (Lipinski definition) is 7. The predicted octanol–water partition coefficient (Wildman–Crippen LogP) is 3.40. The smallest absolute Gasteiger partial charge is 0.231 e. The van der Waals surface area contributed by atoms with Crippen molar-refractivity contribution in [3.63, 3.8) is 0 Å². The summed E-state index contributed by atoms with van der Waals surface area (Å²) in [6.07, 6.45) is 5.31. The predicted molar refractivity (Wildman–Crippen MR) is 115 cm³/mol. The average Bonchev–Trinajstić information content (AvgIpc) is 3.11. The first-order valence-corrected chi connectivity index (χ1v) is 10.4. The van der Waals surface area contributed by atoms with Crippen molar-refractivity contribution in [2.75, 3.05) is 44.5 Å². The molecule has 2 N–H and O–H groups in total. The maximum absolute atomic E-state index is 6.22. The first-order valence-electron chi connectivity index (χ1n) is 10.4. The Balaban J connectivity index is 1.45. The van der Waals surface area contributed by atoms with Crippen LogP contribution in [-0.2, 0) is 0 Å². The van der Waals surface area contributed by atoms with Crippen LogP contribution in [0.2, 0.25) is 0 Å². The van der Waals surface area contributed by atoms with Crippen LogP contribution < -0.4 is 20.1 Å². The molecule has 2 fully saturated rings. The van der Waals surface area contributed by atoms with Gasteiger partial charge in [-0.1, -0.05) is 6.42 Å². The second-order valence-electron chi connectivity index (χ2n) is 8.17. The number of nitrogen functional groups attached to an aromatic ring is 1. The van der Waals surface area contributed by atoms with Gasteiger partial charge in [-0.05, 0) is 44.9 Å². The molecule has 1 aliphatic carbocycles. The maximum Gasteiger partial charge on any atom is 0.231 e. The fourth-order valence-corrected chi connectivity index (χ4v) is 4.12. The Morgan fingerprint density at radius 1 is 1.17 bits per heavy atom. The molecule has 1 aliphatic heterocycles. The quantitative estimate of drug-likeness (QED) is 0.767. The Hall–Kier alpha value is -2.54. The van der Waals surface area contributed by atoms with Gasteiger partial charge in [0.1, 0.15) is 5.82 Å². The third-order valence-electron chi connectivity index (χ3n) is 6.08. The minimum absolute atomic E-state index is 0.460. The van der Waals surface area contributed by atoms with E-state index in [0.717, 1.165) is 35.5 Å². The van der Waals surface area contributed by atoms with Gasteiger partial charge in [0.2, 0.25) is 5.95 Å². The van der Waals surface area contributed by atoms with E-state index < -0.39 is 0 Å². The molecule has 7 nitrogen and oxygen atoms in total. The number of likely N-dealkylation sites (tertiary alicyclic amines) is 1. The zero-order valence-corrected chi connectivity index (χ0v) is 17.6. The van der Waals surface area contributed by atoms with Gasteiger partial charge in [-0.25, -0.2) is 4.98 Å². The highest BCUT2D eigenvalue weighted by atomic mass is 16.5. The van der Waals surface area contributed by atoms with Crippen molar-refractivity contribution in [2.24, 2.45) is 5.92 Å². The van der Waals surface area contributed by atoms with E-state index >= 15 is 0 Å². The number of nitrogens with two attached hydrogens (primary N) is 1. The van der Waals surface area contributed by atoms with Crippen molar-refractivity contribution in [2.45, 2.75) is 38.6 Å². The van der Waals surface area contributed by atoms with E-state index in [2.05, 4.69) is 14.9 Å². The number of aryl methyl sites for hydroxylation is 1. The summed E-state index contributed by atoms with van der Waals surface area (Å²) >= 11 is 0. The summed E-state index contributed by atoms with van der Waals surface area (Å²) in [4.78, 5) is 13.4. The van der Waals surface area contributed by atoms with Gasteiger partial charge in [-0.2, -0.15) is 4.98 Å². The Morgan fingerprint density at radius 2 is 2.00 bits per heavy atom. The van der Waals surface area contributed by atoms with Crippen LogP contribution in [-0.4, -0.2) is 54.8 Å². The van der Waals surface area contributed by atoms with E-state index in [9.17, 15) is 0 Å². The molecule has 7 heteroatoms. The van der Waals surface area contributed by atoms with E-state index in [1.165, 1.54) is 32.2 Å².